The number of benzene rings is 1. The van der Waals surface area contributed by atoms with Crippen LogP contribution in [0.2, 0.25) is 0 Å². The zero-order valence-corrected chi connectivity index (χ0v) is 18.9. The lowest BCUT2D eigenvalue weighted by Crippen LogP contribution is -2.07. The Morgan fingerprint density at radius 3 is 2.76 bits per heavy atom. The number of aryl methyl sites for hydroxylation is 1. The first kappa shape index (κ1) is 23.0. The number of hydrogen-bond donors (Lipinski definition) is 1. The highest BCUT2D eigenvalue weighted by Gasteiger charge is 2.32. The minimum Gasteiger partial charge on any atom is -0.493 e. The van der Waals surface area contributed by atoms with Gasteiger partial charge in [0, 0.05) is 23.1 Å². The maximum Gasteiger partial charge on any atom is 0.416 e. The molecule has 0 saturated heterocycles. The van der Waals surface area contributed by atoms with Crippen LogP contribution in [0.15, 0.2) is 47.4 Å². The van der Waals surface area contributed by atoms with E-state index in [9.17, 15) is 18.0 Å². The van der Waals surface area contributed by atoms with Gasteiger partial charge in [-0.2, -0.15) is 29.6 Å². The highest BCUT2D eigenvalue weighted by Crippen LogP contribution is 2.37. The van der Waals surface area contributed by atoms with E-state index in [2.05, 4.69) is 10.1 Å². The van der Waals surface area contributed by atoms with Gasteiger partial charge in [0.2, 0.25) is 0 Å². The summed E-state index contributed by atoms with van der Waals surface area (Å²) in [6.45, 7) is 2.27. The number of thiophene rings is 1. The monoisotopic (exact) mass is 493 g/mol. The van der Waals surface area contributed by atoms with Gasteiger partial charge in [0.1, 0.15) is 10.8 Å². The Kier molecular flexibility index (Phi) is 6.52. The summed E-state index contributed by atoms with van der Waals surface area (Å²) >= 11 is 2.81. The second kappa shape index (κ2) is 9.36. The zero-order chi connectivity index (χ0) is 23.6. The number of aromatic nitrogens is 3. The maximum absolute atomic E-state index is 13.5. The number of alkyl halides is 3. The standard InChI is InChI=1S/C22H18F3N3O3S2/c1-13-19(11-28-10-16(9-26-28)21(29)30)27-20(33-13)15-6-17(22(23,24)25)8-18(7-15)31-4-2-14-3-5-32-12-14/h3,5-10,12H,2,4,11H2,1H3,(H,29,30). The van der Waals surface area contributed by atoms with Crippen LogP contribution >= 0.6 is 22.7 Å². The van der Waals surface area contributed by atoms with E-state index in [0.29, 0.717) is 22.7 Å². The molecular formula is C22H18F3N3O3S2. The van der Waals surface area contributed by atoms with Crippen LogP contribution in [0.5, 0.6) is 5.75 Å². The molecule has 0 fully saturated rings. The Morgan fingerprint density at radius 2 is 2.09 bits per heavy atom. The molecule has 3 aromatic heterocycles. The Labute approximate surface area is 194 Å². The number of carboxylic acids is 1. The zero-order valence-electron chi connectivity index (χ0n) is 17.3. The second-order valence-electron chi connectivity index (χ2n) is 7.23. The number of hydrogen-bond acceptors (Lipinski definition) is 6. The van der Waals surface area contributed by atoms with Gasteiger partial charge in [0.05, 0.1) is 36.2 Å². The molecule has 0 unspecified atom stereocenters. The van der Waals surface area contributed by atoms with Gasteiger partial charge >= 0.3 is 12.1 Å². The first-order valence-corrected chi connectivity index (χ1v) is 11.5. The van der Waals surface area contributed by atoms with E-state index in [1.807, 2.05) is 23.8 Å². The third-order valence-electron chi connectivity index (χ3n) is 4.80. The van der Waals surface area contributed by atoms with Crippen molar-refractivity contribution in [2.45, 2.75) is 26.1 Å². The van der Waals surface area contributed by atoms with Crippen LogP contribution in [-0.2, 0) is 19.1 Å². The fourth-order valence-corrected chi connectivity index (χ4v) is 4.72. The molecule has 0 spiro atoms. The van der Waals surface area contributed by atoms with Crippen molar-refractivity contribution in [3.63, 3.8) is 0 Å². The number of thiazole rings is 1. The minimum atomic E-state index is -4.53. The molecule has 0 aliphatic carbocycles. The third kappa shape index (κ3) is 5.60. The smallest absolute Gasteiger partial charge is 0.416 e. The molecule has 0 bridgehead atoms. The summed E-state index contributed by atoms with van der Waals surface area (Å²) in [6, 6.07) is 5.56. The molecule has 0 saturated carbocycles. The number of rotatable bonds is 8. The van der Waals surface area contributed by atoms with Crippen molar-refractivity contribution >= 4 is 28.6 Å². The van der Waals surface area contributed by atoms with Crippen molar-refractivity contribution in [1.82, 2.24) is 14.8 Å². The van der Waals surface area contributed by atoms with Crippen LogP contribution in [0.4, 0.5) is 13.2 Å². The van der Waals surface area contributed by atoms with E-state index in [0.717, 1.165) is 22.6 Å². The molecule has 0 aliphatic heterocycles. The summed E-state index contributed by atoms with van der Waals surface area (Å²) in [7, 11) is 0. The lowest BCUT2D eigenvalue weighted by molar-refractivity contribution is -0.137. The molecule has 4 aromatic rings. The van der Waals surface area contributed by atoms with Crippen molar-refractivity contribution < 1.29 is 27.8 Å². The average molecular weight is 494 g/mol. The van der Waals surface area contributed by atoms with Crippen LogP contribution in [0.1, 0.15) is 32.1 Å². The molecule has 6 nitrogen and oxygen atoms in total. The minimum absolute atomic E-state index is 0.0465. The number of ether oxygens (including phenoxy) is 1. The van der Waals surface area contributed by atoms with Crippen LogP contribution in [0.25, 0.3) is 10.6 Å². The van der Waals surface area contributed by atoms with Gasteiger partial charge in [-0.25, -0.2) is 9.78 Å². The summed E-state index contributed by atoms with van der Waals surface area (Å²) < 4.78 is 47.6. The summed E-state index contributed by atoms with van der Waals surface area (Å²) in [4.78, 5) is 16.3. The normalized spacial score (nSPS) is 11.6. The summed E-state index contributed by atoms with van der Waals surface area (Å²) in [6.07, 6.45) is -1.32. The molecule has 33 heavy (non-hydrogen) atoms. The maximum atomic E-state index is 13.5. The fourth-order valence-electron chi connectivity index (χ4n) is 3.10. The van der Waals surface area contributed by atoms with Crippen molar-refractivity contribution in [2.24, 2.45) is 0 Å². The Balaban J connectivity index is 1.58. The molecule has 0 aliphatic rings. The van der Waals surface area contributed by atoms with Gasteiger partial charge in [0.15, 0.2) is 0 Å². The van der Waals surface area contributed by atoms with Gasteiger partial charge in [-0.05, 0) is 47.5 Å². The van der Waals surface area contributed by atoms with E-state index >= 15 is 0 Å². The molecular weight excluding hydrogens is 475 g/mol. The van der Waals surface area contributed by atoms with Crippen molar-refractivity contribution in [3.8, 4) is 16.3 Å². The van der Waals surface area contributed by atoms with Gasteiger partial charge in [-0.15, -0.1) is 11.3 Å². The molecule has 0 amide bonds. The average Bonchev–Trinajstić information content (AvgIpc) is 3.50. The topological polar surface area (TPSA) is 77.2 Å². The van der Waals surface area contributed by atoms with E-state index in [4.69, 9.17) is 9.84 Å². The lowest BCUT2D eigenvalue weighted by Gasteiger charge is -2.12. The second-order valence-corrected chi connectivity index (χ2v) is 9.21. The van der Waals surface area contributed by atoms with Crippen molar-refractivity contribution in [2.75, 3.05) is 6.61 Å². The predicted molar refractivity (Wildman–Crippen MR) is 119 cm³/mol. The van der Waals surface area contributed by atoms with Gasteiger partial charge in [-0.3, -0.25) is 4.68 Å². The molecule has 11 heteroatoms. The predicted octanol–water partition coefficient (Wildman–Crippen LogP) is 5.76. The highest BCUT2D eigenvalue weighted by atomic mass is 32.1. The number of aromatic carboxylic acids is 1. The highest BCUT2D eigenvalue weighted by molar-refractivity contribution is 7.15. The van der Waals surface area contributed by atoms with Gasteiger partial charge in [-0.1, -0.05) is 0 Å². The molecule has 1 N–H and O–H groups in total. The molecule has 0 atom stereocenters. The Hall–Kier alpha value is -3.18. The van der Waals surface area contributed by atoms with Gasteiger partial charge < -0.3 is 9.84 Å². The number of carbonyl (C=O) groups is 1. The van der Waals surface area contributed by atoms with E-state index in [-0.39, 0.29) is 24.5 Å². The van der Waals surface area contributed by atoms with Crippen molar-refractivity contribution in [3.05, 3.63) is 74.7 Å². The molecule has 3 heterocycles. The first-order chi connectivity index (χ1) is 15.7. The third-order valence-corrected chi connectivity index (χ3v) is 6.60. The number of halogens is 3. The van der Waals surface area contributed by atoms with Crippen LogP contribution < -0.4 is 4.74 Å². The molecule has 1 aromatic carbocycles. The van der Waals surface area contributed by atoms with Crippen LogP contribution in [-0.4, -0.2) is 32.4 Å². The quantitative estimate of drug-likeness (QED) is 0.338. The van der Waals surface area contributed by atoms with E-state index < -0.39 is 17.7 Å². The summed E-state index contributed by atoms with van der Waals surface area (Å²) in [5.74, 6) is -0.963. The Bertz CT molecular complexity index is 1260. The molecule has 0 radical (unpaired) electrons. The SMILES string of the molecule is Cc1sc(-c2cc(OCCc3ccsc3)cc(C(F)(F)F)c2)nc1Cn1cc(C(=O)O)cn1. The molecule has 172 valence electrons. The number of carboxylic acid groups (broad SMARTS) is 1. The van der Waals surface area contributed by atoms with Crippen LogP contribution in [0, 0.1) is 6.92 Å². The molecule has 4 rings (SSSR count). The van der Waals surface area contributed by atoms with E-state index in [1.165, 1.54) is 28.4 Å². The van der Waals surface area contributed by atoms with E-state index in [1.54, 1.807) is 17.4 Å². The van der Waals surface area contributed by atoms with Gasteiger partial charge in [0.25, 0.3) is 0 Å². The number of nitrogens with zero attached hydrogens (tertiary/aromatic N) is 3. The first-order valence-electron chi connectivity index (χ1n) is 9.77. The van der Waals surface area contributed by atoms with Crippen molar-refractivity contribution in [1.29, 1.82) is 0 Å². The summed E-state index contributed by atoms with van der Waals surface area (Å²) in [5, 5.41) is 17.4. The van der Waals surface area contributed by atoms with Crippen LogP contribution in [0.3, 0.4) is 0 Å². The Morgan fingerprint density at radius 1 is 1.27 bits per heavy atom. The lowest BCUT2D eigenvalue weighted by atomic mass is 10.1. The summed E-state index contributed by atoms with van der Waals surface area (Å²) in [5.41, 5.74) is 1.22. The largest absolute Gasteiger partial charge is 0.493 e. The fraction of sp³-hybridized carbons (Fsp3) is 0.227.